The first-order chi connectivity index (χ1) is 9.58. The summed E-state index contributed by atoms with van der Waals surface area (Å²) in [5.74, 6) is 4.49. The Hall–Kier alpha value is -0.370. The van der Waals surface area contributed by atoms with Gasteiger partial charge in [-0.25, -0.2) is 0 Å². The molecule has 0 amide bonds. The highest BCUT2D eigenvalue weighted by atomic mass is 16.3. The molecule has 4 fully saturated rings. The van der Waals surface area contributed by atoms with Crippen LogP contribution >= 0.6 is 0 Å². The molecule has 0 saturated heterocycles. The quantitative estimate of drug-likeness (QED) is 0.734. The molecule has 0 aromatic carbocycles. The van der Waals surface area contributed by atoms with Gasteiger partial charge in [0.1, 0.15) is 5.78 Å². The summed E-state index contributed by atoms with van der Waals surface area (Å²) in [5.41, 5.74) is 0.207. The third kappa shape index (κ3) is 1.83. The smallest absolute Gasteiger partial charge is 0.133 e. The second-order valence-corrected chi connectivity index (χ2v) is 8.44. The molecule has 1 N–H and O–H groups in total. The van der Waals surface area contributed by atoms with E-state index in [-0.39, 0.29) is 11.5 Å². The number of aliphatic hydroxyl groups excluding tert-OH is 1. The van der Waals surface area contributed by atoms with Crippen molar-refractivity contribution in [3.8, 4) is 0 Å². The Balaban J connectivity index is 1.56. The van der Waals surface area contributed by atoms with Crippen molar-refractivity contribution in [1.82, 2.24) is 0 Å². The lowest BCUT2D eigenvalue weighted by Gasteiger charge is -2.54. The van der Waals surface area contributed by atoms with Crippen molar-refractivity contribution in [2.75, 3.05) is 0 Å². The molecule has 0 radical (unpaired) electrons. The van der Waals surface area contributed by atoms with E-state index in [4.69, 9.17) is 0 Å². The minimum absolute atomic E-state index is 0.0564. The number of hydrogen-bond acceptors (Lipinski definition) is 2. The highest BCUT2D eigenvalue weighted by molar-refractivity contribution is 5.79. The number of Topliss-reactive ketones (excluding diaryl/α,β-unsaturated/α-hetero) is 1. The van der Waals surface area contributed by atoms with E-state index < -0.39 is 0 Å². The molecule has 112 valence electrons. The normalized spacial score (nSPS) is 55.0. The van der Waals surface area contributed by atoms with Gasteiger partial charge < -0.3 is 5.11 Å². The van der Waals surface area contributed by atoms with Crippen molar-refractivity contribution in [3.05, 3.63) is 0 Å². The van der Waals surface area contributed by atoms with Crippen LogP contribution in [0.4, 0.5) is 0 Å². The molecule has 0 heterocycles. The Morgan fingerprint density at radius 1 is 1.05 bits per heavy atom. The molecule has 0 aromatic heterocycles. The average molecular weight is 276 g/mol. The SMILES string of the molecule is C[C@]12C[C@H]3CC[C@@H]4CC(=O)CC[C@H]4[C@@H]3C[C@@H]1CC[C@@H]2O. The summed E-state index contributed by atoms with van der Waals surface area (Å²) in [6.45, 7) is 2.35. The Labute approximate surface area is 122 Å². The monoisotopic (exact) mass is 276 g/mol. The van der Waals surface area contributed by atoms with Crippen LogP contribution in [-0.2, 0) is 4.79 Å². The van der Waals surface area contributed by atoms with Crippen LogP contribution in [0.15, 0.2) is 0 Å². The van der Waals surface area contributed by atoms with Gasteiger partial charge >= 0.3 is 0 Å². The number of ketones is 1. The zero-order chi connectivity index (χ0) is 13.9. The predicted molar refractivity (Wildman–Crippen MR) is 78.1 cm³/mol. The van der Waals surface area contributed by atoms with Crippen molar-refractivity contribution in [1.29, 1.82) is 0 Å². The van der Waals surface area contributed by atoms with E-state index in [1.807, 2.05) is 0 Å². The molecule has 4 aliphatic rings. The number of rotatable bonds is 0. The summed E-state index contributed by atoms with van der Waals surface area (Å²) in [7, 11) is 0. The first-order valence-corrected chi connectivity index (χ1v) is 8.77. The third-order valence-corrected chi connectivity index (χ3v) is 7.66. The van der Waals surface area contributed by atoms with E-state index >= 15 is 0 Å². The molecule has 4 rings (SSSR count). The molecule has 2 heteroatoms. The molecule has 7 atom stereocenters. The van der Waals surface area contributed by atoms with Crippen LogP contribution in [0, 0.1) is 35.0 Å². The Bertz CT molecular complexity index is 418. The van der Waals surface area contributed by atoms with Crippen LogP contribution in [0.1, 0.15) is 64.7 Å². The van der Waals surface area contributed by atoms with Gasteiger partial charge in [-0.05, 0) is 80.0 Å². The van der Waals surface area contributed by atoms with Crippen molar-refractivity contribution in [2.24, 2.45) is 35.0 Å². The summed E-state index contributed by atoms with van der Waals surface area (Å²) < 4.78 is 0. The summed E-state index contributed by atoms with van der Waals surface area (Å²) >= 11 is 0. The molecule has 0 unspecified atom stereocenters. The van der Waals surface area contributed by atoms with Crippen molar-refractivity contribution >= 4 is 5.78 Å². The Morgan fingerprint density at radius 3 is 2.70 bits per heavy atom. The molecule has 4 aliphatic carbocycles. The second kappa shape index (κ2) is 4.56. The first kappa shape index (κ1) is 13.3. The zero-order valence-corrected chi connectivity index (χ0v) is 12.7. The van der Waals surface area contributed by atoms with Gasteiger partial charge in [0.25, 0.3) is 0 Å². The van der Waals surface area contributed by atoms with Gasteiger partial charge in [-0.3, -0.25) is 4.79 Å². The maximum Gasteiger partial charge on any atom is 0.133 e. The molecule has 0 aliphatic heterocycles. The number of fused-ring (bicyclic) bond motifs is 4. The summed E-state index contributed by atoms with van der Waals surface area (Å²) in [5, 5.41) is 10.4. The maximum absolute atomic E-state index is 11.7. The zero-order valence-electron chi connectivity index (χ0n) is 12.7. The Kier molecular flexibility index (Phi) is 3.03. The fourth-order valence-corrected chi connectivity index (χ4v) is 6.48. The fraction of sp³-hybridized carbons (Fsp3) is 0.944. The highest BCUT2D eigenvalue weighted by Gasteiger charge is 2.55. The van der Waals surface area contributed by atoms with E-state index in [1.54, 1.807) is 0 Å². The lowest BCUT2D eigenvalue weighted by molar-refractivity contribution is -0.127. The first-order valence-electron chi connectivity index (χ1n) is 8.77. The van der Waals surface area contributed by atoms with Crippen LogP contribution in [0.3, 0.4) is 0 Å². The van der Waals surface area contributed by atoms with Crippen LogP contribution < -0.4 is 0 Å². The van der Waals surface area contributed by atoms with Crippen LogP contribution in [0.25, 0.3) is 0 Å². The van der Waals surface area contributed by atoms with Crippen LogP contribution in [0.5, 0.6) is 0 Å². The number of carbonyl (C=O) groups is 1. The minimum Gasteiger partial charge on any atom is -0.393 e. The summed E-state index contributed by atoms with van der Waals surface area (Å²) in [6.07, 6.45) is 10.3. The van der Waals surface area contributed by atoms with Crippen LogP contribution in [0.2, 0.25) is 0 Å². The Morgan fingerprint density at radius 2 is 1.85 bits per heavy atom. The van der Waals surface area contributed by atoms with Gasteiger partial charge in [0.05, 0.1) is 6.10 Å². The number of aliphatic hydroxyl groups is 1. The van der Waals surface area contributed by atoms with E-state index in [1.165, 1.54) is 32.1 Å². The average Bonchev–Trinajstić information content (AvgIpc) is 2.71. The van der Waals surface area contributed by atoms with Gasteiger partial charge in [0.15, 0.2) is 0 Å². The van der Waals surface area contributed by atoms with Gasteiger partial charge in [-0.1, -0.05) is 6.92 Å². The minimum atomic E-state index is -0.0564. The van der Waals surface area contributed by atoms with E-state index in [2.05, 4.69) is 6.92 Å². The molecule has 0 aromatic rings. The third-order valence-electron chi connectivity index (χ3n) is 7.66. The van der Waals surface area contributed by atoms with Gasteiger partial charge in [-0.15, -0.1) is 0 Å². The molecular formula is C18H28O2. The fourth-order valence-electron chi connectivity index (χ4n) is 6.48. The predicted octanol–water partition coefficient (Wildman–Crippen LogP) is 3.57. The van der Waals surface area contributed by atoms with E-state index in [9.17, 15) is 9.90 Å². The lowest BCUT2D eigenvalue weighted by Crippen LogP contribution is -2.48. The van der Waals surface area contributed by atoms with Crippen LogP contribution in [-0.4, -0.2) is 17.0 Å². The molecular weight excluding hydrogens is 248 g/mol. The molecule has 2 nitrogen and oxygen atoms in total. The summed E-state index contributed by atoms with van der Waals surface area (Å²) in [6, 6.07) is 0. The van der Waals surface area contributed by atoms with E-state index in [0.717, 1.165) is 49.4 Å². The second-order valence-electron chi connectivity index (χ2n) is 8.44. The maximum atomic E-state index is 11.7. The van der Waals surface area contributed by atoms with Crippen molar-refractivity contribution in [3.63, 3.8) is 0 Å². The topological polar surface area (TPSA) is 37.3 Å². The molecule has 20 heavy (non-hydrogen) atoms. The number of carbonyl (C=O) groups excluding carboxylic acids is 1. The standard InChI is InChI=1S/C18H28O2/c1-18-10-12-3-2-11-8-14(19)5-6-15(11)16(12)9-13(18)4-7-17(18)20/h11-13,15-17,20H,2-10H2,1H3/t11-,12-,13+,15-,16-,17+,18+/m1/s1. The lowest BCUT2D eigenvalue weighted by atomic mass is 9.51. The van der Waals surface area contributed by atoms with Gasteiger partial charge in [-0.2, -0.15) is 0 Å². The molecule has 0 bridgehead atoms. The van der Waals surface area contributed by atoms with Crippen molar-refractivity contribution in [2.45, 2.75) is 70.8 Å². The van der Waals surface area contributed by atoms with Gasteiger partial charge in [0.2, 0.25) is 0 Å². The molecule has 4 saturated carbocycles. The van der Waals surface area contributed by atoms with Gasteiger partial charge in [0, 0.05) is 12.8 Å². The molecule has 0 spiro atoms. The van der Waals surface area contributed by atoms with E-state index in [0.29, 0.717) is 11.7 Å². The summed E-state index contributed by atoms with van der Waals surface area (Å²) in [4.78, 5) is 11.7. The number of hydrogen-bond donors (Lipinski definition) is 1. The largest absolute Gasteiger partial charge is 0.393 e. The van der Waals surface area contributed by atoms with Crippen molar-refractivity contribution < 1.29 is 9.90 Å². The highest BCUT2D eigenvalue weighted by Crippen LogP contribution is 2.61.